The number of amides is 2. The Balaban J connectivity index is 1.44. The van der Waals surface area contributed by atoms with E-state index < -0.39 is 0 Å². The maximum absolute atomic E-state index is 13.0. The molecule has 0 unspecified atom stereocenters. The number of ether oxygens (including phenoxy) is 1. The number of para-hydroxylation sites is 1. The van der Waals surface area contributed by atoms with Crippen molar-refractivity contribution in [2.75, 3.05) is 17.2 Å². The van der Waals surface area contributed by atoms with Gasteiger partial charge in [-0.1, -0.05) is 128 Å². The molecule has 3 aromatic rings. The minimum Gasteiger partial charge on any atom is -0.493 e. The van der Waals surface area contributed by atoms with Crippen LogP contribution in [0.3, 0.4) is 0 Å². The Bertz CT molecular complexity index is 1210. The normalized spacial score (nSPS) is 11.5. The molecule has 230 valence electrons. The van der Waals surface area contributed by atoms with Gasteiger partial charge in [-0.15, -0.1) is 0 Å². The van der Waals surface area contributed by atoms with Gasteiger partial charge in [-0.3, -0.25) is 0 Å². The molecule has 2 amide bonds. The summed E-state index contributed by atoms with van der Waals surface area (Å²) in [6, 6.07) is 13.7. The van der Waals surface area contributed by atoms with Crippen molar-refractivity contribution in [1.82, 2.24) is 0 Å². The first-order valence-electron chi connectivity index (χ1n) is 16.1. The van der Waals surface area contributed by atoms with Crippen LogP contribution in [0.1, 0.15) is 121 Å². The van der Waals surface area contributed by atoms with Crippen molar-refractivity contribution in [1.29, 1.82) is 0 Å². The number of nitrogens with zero attached hydrogens (tertiary/aromatic N) is 1. The average Bonchev–Trinajstić information content (AvgIpc) is 3.36. The second-order valence-electron chi connectivity index (χ2n) is 12.6. The molecule has 6 heteroatoms. The summed E-state index contributed by atoms with van der Waals surface area (Å²) >= 11 is 1.72. The molecule has 2 N–H and O–H groups in total. The third-order valence-electron chi connectivity index (χ3n) is 7.64. The van der Waals surface area contributed by atoms with Gasteiger partial charge >= 0.3 is 6.03 Å². The highest BCUT2D eigenvalue weighted by Gasteiger charge is 2.20. The SMILES string of the molecule is CCCCCCCCCCCCCCOc1ccc(NC(=O)Nc2ccccc2C[n+]2csc(C)c2)cc1C(C)(C)C. The van der Waals surface area contributed by atoms with E-state index in [4.69, 9.17) is 4.74 Å². The third-order valence-corrected chi connectivity index (χ3v) is 8.49. The van der Waals surface area contributed by atoms with Crippen LogP contribution in [0, 0.1) is 6.92 Å². The second kappa shape index (κ2) is 17.9. The van der Waals surface area contributed by atoms with E-state index in [0.717, 1.165) is 41.3 Å². The minimum absolute atomic E-state index is 0.109. The smallest absolute Gasteiger partial charge is 0.323 e. The number of aryl methyl sites for hydroxylation is 1. The molecule has 0 bridgehead atoms. The van der Waals surface area contributed by atoms with Crippen molar-refractivity contribution in [2.45, 2.75) is 124 Å². The summed E-state index contributed by atoms with van der Waals surface area (Å²) < 4.78 is 8.40. The van der Waals surface area contributed by atoms with E-state index in [1.54, 1.807) is 11.3 Å². The Kier molecular flexibility index (Phi) is 14.4. The summed E-state index contributed by atoms with van der Waals surface area (Å²) in [5, 5.41) is 6.08. The lowest BCUT2D eigenvalue weighted by Gasteiger charge is -2.24. The Hall–Kier alpha value is -2.86. The highest BCUT2D eigenvalue weighted by atomic mass is 32.1. The standard InChI is InChI=1S/C36H53N3O2S/c1-6-7-8-9-10-11-12-13-14-15-16-19-24-41-34-23-22-31(25-32(34)36(3,4)5)37-35(40)38-33-21-18-17-20-30(33)27-39-26-29(2)42-28-39/h17-18,20-23,25-26,28H,6-16,19,24,27H2,1-5H3,(H-,37,38,40)/p+1. The molecule has 0 aliphatic heterocycles. The molecule has 1 heterocycles. The zero-order valence-electron chi connectivity index (χ0n) is 26.8. The van der Waals surface area contributed by atoms with E-state index in [2.05, 4.69) is 67.6 Å². The van der Waals surface area contributed by atoms with Crippen molar-refractivity contribution in [3.05, 3.63) is 70.2 Å². The molecule has 3 rings (SSSR count). The second-order valence-corrected chi connectivity index (χ2v) is 13.7. The summed E-state index contributed by atoms with van der Waals surface area (Å²) in [6.07, 6.45) is 18.1. The van der Waals surface area contributed by atoms with Gasteiger partial charge in [0.2, 0.25) is 5.51 Å². The van der Waals surface area contributed by atoms with Crippen molar-refractivity contribution >= 4 is 28.7 Å². The molecule has 2 aromatic carbocycles. The van der Waals surface area contributed by atoms with Gasteiger partial charge < -0.3 is 15.4 Å². The van der Waals surface area contributed by atoms with Crippen LogP contribution in [-0.4, -0.2) is 12.6 Å². The van der Waals surface area contributed by atoms with Crippen LogP contribution >= 0.6 is 11.3 Å². The maximum Gasteiger partial charge on any atom is 0.323 e. The Morgan fingerprint density at radius 2 is 1.50 bits per heavy atom. The molecule has 0 fully saturated rings. The maximum atomic E-state index is 13.0. The van der Waals surface area contributed by atoms with Gasteiger partial charge in [-0.05, 0) is 43.0 Å². The zero-order valence-corrected chi connectivity index (χ0v) is 27.6. The van der Waals surface area contributed by atoms with E-state index in [1.807, 2.05) is 36.4 Å². The lowest BCUT2D eigenvalue weighted by atomic mass is 9.86. The van der Waals surface area contributed by atoms with Gasteiger partial charge in [0.1, 0.15) is 5.75 Å². The first-order valence-corrected chi connectivity index (χ1v) is 17.0. The monoisotopic (exact) mass is 592 g/mol. The number of unbranched alkanes of at least 4 members (excludes halogenated alkanes) is 11. The quantitative estimate of drug-likeness (QED) is 0.114. The molecule has 0 saturated carbocycles. The Labute approximate surface area is 259 Å². The number of benzene rings is 2. The summed E-state index contributed by atoms with van der Waals surface area (Å²) in [5.41, 5.74) is 5.72. The number of nitrogens with one attached hydrogen (secondary N) is 2. The molecule has 0 saturated heterocycles. The number of anilines is 2. The van der Waals surface area contributed by atoms with E-state index in [-0.39, 0.29) is 11.4 Å². The summed E-state index contributed by atoms with van der Waals surface area (Å²) in [7, 11) is 0. The minimum atomic E-state index is -0.251. The third kappa shape index (κ3) is 12.2. The highest BCUT2D eigenvalue weighted by Crippen LogP contribution is 2.34. The molecule has 5 nitrogen and oxygen atoms in total. The number of carbonyl (C=O) groups is 1. The molecule has 42 heavy (non-hydrogen) atoms. The number of thiazole rings is 1. The number of aromatic nitrogens is 1. The lowest BCUT2D eigenvalue weighted by Crippen LogP contribution is -2.31. The predicted octanol–water partition coefficient (Wildman–Crippen LogP) is 10.4. The molecule has 0 radical (unpaired) electrons. The summed E-state index contributed by atoms with van der Waals surface area (Å²) in [5.74, 6) is 0.907. The van der Waals surface area contributed by atoms with Crippen molar-refractivity contribution in [3.8, 4) is 5.75 Å². The molecule has 0 aliphatic rings. The number of carbonyl (C=O) groups excluding carboxylic acids is 1. The fourth-order valence-electron chi connectivity index (χ4n) is 5.23. The van der Waals surface area contributed by atoms with E-state index >= 15 is 0 Å². The van der Waals surface area contributed by atoms with Crippen LogP contribution in [0.2, 0.25) is 0 Å². The molecule has 0 aliphatic carbocycles. The van der Waals surface area contributed by atoms with Crippen LogP contribution in [0.15, 0.2) is 54.2 Å². The fraction of sp³-hybridized carbons (Fsp3) is 0.556. The van der Waals surface area contributed by atoms with E-state index in [0.29, 0.717) is 6.54 Å². The molecular weight excluding hydrogens is 538 g/mol. The molecule has 0 atom stereocenters. The van der Waals surface area contributed by atoms with Crippen LogP contribution in [-0.2, 0) is 12.0 Å². The van der Waals surface area contributed by atoms with Crippen LogP contribution in [0.25, 0.3) is 0 Å². The van der Waals surface area contributed by atoms with Crippen LogP contribution < -0.4 is 19.9 Å². The van der Waals surface area contributed by atoms with Crippen molar-refractivity contribution in [2.24, 2.45) is 0 Å². The molecular formula is C36H54N3O2S+. The number of urea groups is 1. The topological polar surface area (TPSA) is 54.2 Å². The first-order chi connectivity index (χ1) is 20.3. The Morgan fingerprint density at radius 3 is 2.12 bits per heavy atom. The zero-order chi connectivity index (χ0) is 30.2. The highest BCUT2D eigenvalue weighted by molar-refractivity contribution is 7.09. The van der Waals surface area contributed by atoms with Gasteiger partial charge in [0.25, 0.3) is 0 Å². The molecule has 1 aromatic heterocycles. The van der Waals surface area contributed by atoms with Crippen molar-refractivity contribution < 1.29 is 14.1 Å². The number of hydrogen-bond acceptors (Lipinski definition) is 3. The summed E-state index contributed by atoms with van der Waals surface area (Å²) in [4.78, 5) is 14.2. The lowest BCUT2D eigenvalue weighted by molar-refractivity contribution is -0.683. The predicted molar refractivity (Wildman–Crippen MR) is 179 cm³/mol. The summed E-state index contributed by atoms with van der Waals surface area (Å²) in [6.45, 7) is 12.4. The van der Waals surface area contributed by atoms with Gasteiger partial charge in [-0.25, -0.2) is 4.79 Å². The fourth-order valence-corrected chi connectivity index (χ4v) is 5.87. The number of rotatable bonds is 18. The largest absolute Gasteiger partial charge is 0.493 e. The number of hydrogen-bond donors (Lipinski definition) is 2. The Morgan fingerprint density at radius 1 is 0.857 bits per heavy atom. The van der Waals surface area contributed by atoms with Gasteiger partial charge in [0.15, 0.2) is 12.7 Å². The van der Waals surface area contributed by atoms with Crippen LogP contribution in [0.4, 0.5) is 16.2 Å². The van der Waals surface area contributed by atoms with E-state index in [1.165, 1.54) is 75.5 Å². The van der Waals surface area contributed by atoms with Crippen LogP contribution in [0.5, 0.6) is 5.75 Å². The van der Waals surface area contributed by atoms with Gasteiger partial charge in [0, 0.05) is 16.8 Å². The first kappa shape index (κ1) is 33.6. The van der Waals surface area contributed by atoms with Crippen molar-refractivity contribution in [3.63, 3.8) is 0 Å². The van der Waals surface area contributed by atoms with Gasteiger partial charge in [0.05, 0.1) is 17.2 Å². The van der Waals surface area contributed by atoms with E-state index in [9.17, 15) is 4.79 Å². The van der Waals surface area contributed by atoms with Gasteiger partial charge in [-0.2, -0.15) is 4.57 Å². The molecule has 0 spiro atoms. The average molecular weight is 593 g/mol.